The lowest BCUT2D eigenvalue weighted by Crippen LogP contribution is -2.14. The maximum atomic E-state index is 12.1. The molecular formula is C13H7Cl2N5O3S. The van der Waals surface area contributed by atoms with E-state index in [0.29, 0.717) is 15.7 Å². The molecular weight excluding hydrogens is 377 g/mol. The summed E-state index contributed by atoms with van der Waals surface area (Å²) in [4.78, 5) is 26.5. The molecule has 0 bridgehead atoms. The fraction of sp³-hybridized carbons (Fsp3) is 0. The molecule has 8 nitrogen and oxygen atoms in total. The summed E-state index contributed by atoms with van der Waals surface area (Å²) in [5.41, 5.74) is 0.668. The number of H-pyrrole nitrogens is 1. The van der Waals surface area contributed by atoms with Gasteiger partial charge in [-0.25, -0.2) is 4.98 Å². The highest BCUT2D eigenvalue weighted by Crippen LogP contribution is 2.30. The lowest BCUT2D eigenvalue weighted by Gasteiger charge is -2.00. The van der Waals surface area contributed by atoms with Gasteiger partial charge in [-0.3, -0.25) is 25.3 Å². The first-order valence-corrected chi connectivity index (χ1v) is 7.99. The van der Waals surface area contributed by atoms with Gasteiger partial charge in [-0.15, -0.1) is 11.3 Å². The van der Waals surface area contributed by atoms with Gasteiger partial charge in [-0.05, 0) is 12.1 Å². The molecule has 0 unspecified atom stereocenters. The molecule has 3 rings (SSSR count). The molecule has 0 radical (unpaired) electrons. The average Bonchev–Trinajstić information content (AvgIpc) is 3.19. The number of aromatic nitrogens is 3. The van der Waals surface area contributed by atoms with Crippen LogP contribution in [0.2, 0.25) is 10.0 Å². The van der Waals surface area contributed by atoms with E-state index in [1.807, 2.05) is 0 Å². The van der Waals surface area contributed by atoms with Crippen molar-refractivity contribution in [2.75, 3.05) is 5.32 Å². The number of nitrogens with one attached hydrogen (secondary N) is 2. The number of nitrogens with zero attached hydrogens (tertiary/aromatic N) is 3. The molecule has 2 heterocycles. The normalized spacial score (nSPS) is 10.6. The van der Waals surface area contributed by atoms with E-state index in [2.05, 4.69) is 20.5 Å². The fourth-order valence-electron chi connectivity index (χ4n) is 1.86. The number of hydrogen-bond donors (Lipinski definition) is 2. The third kappa shape index (κ3) is 3.23. The molecule has 0 aliphatic carbocycles. The highest BCUT2D eigenvalue weighted by molar-refractivity contribution is 7.14. The van der Waals surface area contributed by atoms with Crippen molar-refractivity contribution in [3.05, 3.63) is 55.6 Å². The Morgan fingerprint density at radius 1 is 1.33 bits per heavy atom. The molecule has 0 aliphatic heterocycles. The van der Waals surface area contributed by atoms with Gasteiger partial charge in [0.2, 0.25) is 5.69 Å². The molecule has 122 valence electrons. The lowest BCUT2D eigenvalue weighted by atomic mass is 10.2. The SMILES string of the molecule is O=C(Nc1nc(-c2ccc(Cl)c(Cl)c2)cs1)c1[nH]ncc1[N+](=O)[O-]. The Labute approximate surface area is 148 Å². The van der Waals surface area contributed by atoms with Crippen molar-refractivity contribution in [2.24, 2.45) is 0 Å². The molecule has 2 aromatic heterocycles. The van der Waals surface area contributed by atoms with Crippen LogP contribution in [0, 0.1) is 10.1 Å². The predicted octanol–water partition coefficient (Wildman–Crippen LogP) is 4.00. The van der Waals surface area contributed by atoms with Crippen LogP contribution in [-0.2, 0) is 0 Å². The highest BCUT2D eigenvalue weighted by atomic mass is 35.5. The number of amides is 1. The van der Waals surface area contributed by atoms with Gasteiger partial charge in [0.25, 0.3) is 5.91 Å². The van der Waals surface area contributed by atoms with Crippen LogP contribution >= 0.6 is 34.5 Å². The molecule has 1 amide bonds. The van der Waals surface area contributed by atoms with Crippen LogP contribution in [-0.4, -0.2) is 26.0 Å². The van der Waals surface area contributed by atoms with Crippen LogP contribution in [0.5, 0.6) is 0 Å². The maximum Gasteiger partial charge on any atom is 0.319 e. The predicted molar refractivity (Wildman–Crippen MR) is 90.8 cm³/mol. The van der Waals surface area contributed by atoms with Crippen molar-refractivity contribution < 1.29 is 9.72 Å². The summed E-state index contributed by atoms with van der Waals surface area (Å²) in [6.07, 6.45) is 0.970. The Kier molecular flexibility index (Phi) is 4.47. The van der Waals surface area contributed by atoms with Gasteiger partial charge in [-0.1, -0.05) is 29.3 Å². The van der Waals surface area contributed by atoms with E-state index in [-0.39, 0.29) is 10.8 Å². The van der Waals surface area contributed by atoms with Crippen molar-refractivity contribution in [1.82, 2.24) is 15.2 Å². The number of hydrogen-bond acceptors (Lipinski definition) is 6. The van der Waals surface area contributed by atoms with Crippen LogP contribution in [0.3, 0.4) is 0 Å². The van der Waals surface area contributed by atoms with E-state index in [0.717, 1.165) is 11.8 Å². The molecule has 0 atom stereocenters. The molecule has 11 heteroatoms. The zero-order valence-electron chi connectivity index (χ0n) is 11.6. The molecule has 0 aliphatic rings. The quantitative estimate of drug-likeness (QED) is 0.521. The van der Waals surface area contributed by atoms with Gasteiger partial charge >= 0.3 is 5.69 Å². The standard InChI is InChI=1S/C13H7Cl2N5O3S/c14-7-2-1-6(3-8(7)15)9-5-24-13(17-9)18-12(21)11-10(20(22)23)4-16-19-11/h1-5H,(H,16,19)(H,17,18,21). The first-order chi connectivity index (χ1) is 11.5. The Morgan fingerprint density at radius 2 is 2.12 bits per heavy atom. The van der Waals surface area contributed by atoms with Crippen LogP contribution in [0.15, 0.2) is 29.8 Å². The zero-order valence-corrected chi connectivity index (χ0v) is 13.9. The van der Waals surface area contributed by atoms with Gasteiger partial charge in [0, 0.05) is 10.9 Å². The van der Waals surface area contributed by atoms with Crippen LogP contribution < -0.4 is 5.32 Å². The number of carbonyl (C=O) groups is 1. The zero-order chi connectivity index (χ0) is 17.3. The second-order valence-corrected chi connectivity index (χ2v) is 6.18. The first kappa shape index (κ1) is 16.4. The van der Waals surface area contributed by atoms with Gasteiger partial charge in [-0.2, -0.15) is 5.10 Å². The molecule has 0 saturated heterocycles. The van der Waals surface area contributed by atoms with E-state index < -0.39 is 16.5 Å². The highest BCUT2D eigenvalue weighted by Gasteiger charge is 2.23. The van der Waals surface area contributed by atoms with E-state index >= 15 is 0 Å². The van der Waals surface area contributed by atoms with E-state index in [4.69, 9.17) is 23.2 Å². The van der Waals surface area contributed by atoms with Crippen molar-refractivity contribution in [3.63, 3.8) is 0 Å². The fourth-order valence-corrected chi connectivity index (χ4v) is 2.88. The molecule has 24 heavy (non-hydrogen) atoms. The molecule has 3 aromatic rings. The average molecular weight is 384 g/mol. The summed E-state index contributed by atoms with van der Waals surface area (Å²) < 4.78 is 0. The number of anilines is 1. The topological polar surface area (TPSA) is 114 Å². The van der Waals surface area contributed by atoms with E-state index in [1.54, 1.807) is 23.6 Å². The number of halogens is 2. The Hall–Kier alpha value is -2.49. The minimum Gasteiger partial charge on any atom is -0.296 e. The van der Waals surface area contributed by atoms with Crippen LogP contribution in [0.4, 0.5) is 10.8 Å². The molecule has 2 N–H and O–H groups in total. The second kappa shape index (κ2) is 6.56. The summed E-state index contributed by atoms with van der Waals surface area (Å²) in [5.74, 6) is -0.700. The van der Waals surface area contributed by atoms with Gasteiger partial charge in [0.1, 0.15) is 6.20 Å². The summed E-state index contributed by atoms with van der Waals surface area (Å²) in [7, 11) is 0. The molecule has 0 saturated carbocycles. The number of benzene rings is 1. The summed E-state index contributed by atoms with van der Waals surface area (Å²) in [6, 6.07) is 5.05. The third-order valence-corrected chi connectivity index (χ3v) is 4.48. The summed E-state index contributed by atoms with van der Waals surface area (Å²) >= 11 is 13.0. The first-order valence-electron chi connectivity index (χ1n) is 6.36. The molecule has 0 fully saturated rings. The summed E-state index contributed by atoms with van der Waals surface area (Å²) in [5, 5.41) is 21.9. The van der Waals surface area contributed by atoms with Gasteiger partial charge < -0.3 is 0 Å². The van der Waals surface area contributed by atoms with Crippen molar-refractivity contribution in [1.29, 1.82) is 0 Å². The second-order valence-electron chi connectivity index (χ2n) is 4.51. The van der Waals surface area contributed by atoms with E-state index in [9.17, 15) is 14.9 Å². The largest absolute Gasteiger partial charge is 0.319 e. The number of nitro groups is 1. The van der Waals surface area contributed by atoms with Crippen molar-refractivity contribution in [2.45, 2.75) is 0 Å². The number of thiazole rings is 1. The number of aromatic amines is 1. The minimum atomic E-state index is -0.700. The van der Waals surface area contributed by atoms with Gasteiger partial charge in [0.15, 0.2) is 5.13 Å². The van der Waals surface area contributed by atoms with Crippen molar-refractivity contribution >= 4 is 51.3 Å². The van der Waals surface area contributed by atoms with Gasteiger partial charge in [0.05, 0.1) is 20.7 Å². The van der Waals surface area contributed by atoms with E-state index in [1.165, 1.54) is 11.3 Å². The Balaban J connectivity index is 1.81. The molecule has 1 aromatic carbocycles. The van der Waals surface area contributed by atoms with Crippen molar-refractivity contribution in [3.8, 4) is 11.3 Å². The Bertz CT molecular complexity index is 939. The van der Waals surface area contributed by atoms with Crippen LogP contribution in [0.1, 0.15) is 10.5 Å². The number of rotatable bonds is 4. The molecule has 0 spiro atoms. The monoisotopic (exact) mass is 383 g/mol. The number of carbonyl (C=O) groups excluding carboxylic acids is 1. The summed E-state index contributed by atoms with van der Waals surface area (Å²) in [6.45, 7) is 0. The smallest absolute Gasteiger partial charge is 0.296 e. The van der Waals surface area contributed by atoms with Crippen LogP contribution in [0.25, 0.3) is 11.3 Å². The lowest BCUT2D eigenvalue weighted by molar-refractivity contribution is -0.385. The maximum absolute atomic E-state index is 12.1. The minimum absolute atomic E-state index is 0.244. The Morgan fingerprint density at radius 3 is 2.83 bits per heavy atom. The third-order valence-electron chi connectivity index (χ3n) is 2.98.